The Hall–Kier alpha value is -1.30. The molecule has 0 amide bonds. The number of carboxylic acid groups (broad SMARTS) is 1. The summed E-state index contributed by atoms with van der Waals surface area (Å²) in [6.07, 6.45) is 3.83. The molecular formula is C13H19N3O2S. The molecule has 1 saturated heterocycles. The van der Waals surface area contributed by atoms with Crippen LogP contribution in [0.4, 0.5) is 5.69 Å². The molecule has 19 heavy (non-hydrogen) atoms. The number of anilines is 1. The van der Waals surface area contributed by atoms with Gasteiger partial charge in [0, 0.05) is 17.7 Å². The molecule has 1 aliphatic heterocycles. The second-order valence-corrected chi connectivity index (χ2v) is 6.16. The molecule has 104 valence electrons. The fourth-order valence-corrected chi connectivity index (χ4v) is 3.09. The van der Waals surface area contributed by atoms with Crippen LogP contribution in [0.5, 0.6) is 0 Å². The van der Waals surface area contributed by atoms with Gasteiger partial charge >= 0.3 is 5.97 Å². The molecule has 0 bridgehead atoms. The molecule has 0 spiro atoms. The van der Waals surface area contributed by atoms with Crippen molar-refractivity contribution in [1.29, 1.82) is 0 Å². The summed E-state index contributed by atoms with van der Waals surface area (Å²) in [5.41, 5.74) is 0.610. The Bertz CT molecular complexity index is 459. The van der Waals surface area contributed by atoms with Gasteiger partial charge < -0.3 is 10.4 Å². The van der Waals surface area contributed by atoms with E-state index in [1.165, 1.54) is 5.75 Å². The van der Waals surface area contributed by atoms with Crippen LogP contribution in [0.15, 0.2) is 6.20 Å². The minimum absolute atomic E-state index is 0.0780. The van der Waals surface area contributed by atoms with E-state index < -0.39 is 5.97 Å². The van der Waals surface area contributed by atoms with Gasteiger partial charge in [-0.15, -0.1) is 0 Å². The number of nitrogens with one attached hydrogen (secondary N) is 1. The number of hydrogen-bond donors (Lipinski definition) is 2. The van der Waals surface area contributed by atoms with Gasteiger partial charge in [0.1, 0.15) is 5.82 Å². The Labute approximate surface area is 117 Å². The number of rotatable bonds is 4. The van der Waals surface area contributed by atoms with Crippen molar-refractivity contribution in [3.05, 3.63) is 17.7 Å². The fourth-order valence-electron chi connectivity index (χ4n) is 2.02. The number of aromatic nitrogens is 2. The predicted octanol–water partition coefficient (Wildman–Crippen LogP) is 2.61. The first-order valence-corrected chi connectivity index (χ1v) is 7.68. The summed E-state index contributed by atoms with van der Waals surface area (Å²) in [4.78, 5) is 19.7. The Kier molecular flexibility index (Phi) is 4.63. The second-order valence-electron chi connectivity index (χ2n) is 5.01. The van der Waals surface area contributed by atoms with Gasteiger partial charge in [0.25, 0.3) is 0 Å². The standard InChI is InChI=1S/C13H19N3O2S/c1-8(2)12-14-6-10(11(16-12)13(17)18)15-9-4-3-5-19-7-9/h6,8-9,15H,3-5,7H2,1-2H3,(H,17,18). The van der Waals surface area contributed by atoms with Crippen LogP contribution in [0.25, 0.3) is 0 Å². The van der Waals surface area contributed by atoms with Crippen molar-refractivity contribution >= 4 is 23.4 Å². The average Bonchev–Trinajstić information content (AvgIpc) is 2.39. The van der Waals surface area contributed by atoms with Crippen LogP contribution in [-0.2, 0) is 0 Å². The van der Waals surface area contributed by atoms with Gasteiger partial charge in [0.05, 0.1) is 11.9 Å². The van der Waals surface area contributed by atoms with Gasteiger partial charge in [0.15, 0.2) is 5.69 Å². The molecule has 2 heterocycles. The Balaban J connectivity index is 2.21. The van der Waals surface area contributed by atoms with Crippen molar-refractivity contribution in [3.8, 4) is 0 Å². The SMILES string of the molecule is CC(C)c1ncc(NC2CCCSC2)c(C(=O)O)n1. The topological polar surface area (TPSA) is 75.1 Å². The van der Waals surface area contributed by atoms with Crippen molar-refractivity contribution in [2.45, 2.75) is 38.6 Å². The normalized spacial score (nSPS) is 19.4. The minimum Gasteiger partial charge on any atom is -0.476 e. The lowest BCUT2D eigenvalue weighted by Gasteiger charge is -2.24. The highest BCUT2D eigenvalue weighted by Gasteiger charge is 2.19. The van der Waals surface area contributed by atoms with Crippen LogP contribution in [-0.4, -0.2) is 38.6 Å². The third-order valence-corrected chi connectivity index (χ3v) is 4.26. The second kappa shape index (κ2) is 6.23. The van der Waals surface area contributed by atoms with Crippen molar-refractivity contribution in [3.63, 3.8) is 0 Å². The van der Waals surface area contributed by atoms with Crippen LogP contribution < -0.4 is 5.32 Å². The average molecular weight is 281 g/mol. The fraction of sp³-hybridized carbons (Fsp3) is 0.615. The van der Waals surface area contributed by atoms with Gasteiger partial charge in [-0.2, -0.15) is 11.8 Å². The van der Waals surface area contributed by atoms with E-state index in [9.17, 15) is 9.90 Å². The number of carbonyl (C=O) groups is 1. The molecule has 0 aromatic carbocycles. The van der Waals surface area contributed by atoms with Gasteiger partial charge in [-0.3, -0.25) is 0 Å². The summed E-state index contributed by atoms with van der Waals surface area (Å²) in [6.45, 7) is 3.90. The Morgan fingerprint density at radius 2 is 2.37 bits per heavy atom. The van der Waals surface area contributed by atoms with E-state index >= 15 is 0 Å². The Morgan fingerprint density at radius 1 is 1.58 bits per heavy atom. The molecule has 0 saturated carbocycles. The van der Waals surface area contributed by atoms with Crippen LogP contribution in [0.1, 0.15) is 48.9 Å². The highest BCUT2D eigenvalue weighted by Crippen LogP contribution is 2.23. The summed E-state index contributed by atoms with van der Waals surface area (Å²) in [7, 11) is 0. The maximum atomic E-state index is 11.3. The van der Waals surface area contributed by atoms with E-state index in [1.54, 1.807) is 6.20 Å². The molecule has 1 aromatic rings. The first-order chi connectivity index (χ1) is 9.08. The molecule has 1 atom stereocenters. The van der Waals surface area contributed by atoms with Crippen LogP contribution >= 0.6 is 11.8 Å². The zero-order valence-electron chi connectivity index (χ0n) is 11.2. The molecule has 5 nitrogen and oxygen atoms in total. The number of carboxylic acids is 1. The maximum absolute atomic E-state index is 11.3. The molecule has 2 rings (SSSR count). The van der Waals surface area contributed by atoms with Gasteiger partial charge in [-0.05, 0) is 18.6 Å². The first kappa shape index (κ1) is 14.1. The van der Waals surface area contributed by atoms with Crippen molar-refractivity contribution in [2.75, 3.05) is 16.8 Å². The van der Waals surface area contributed by atoms with Gasteiger partial charge in [-0.25, -0.2) is 14.8 Å². The largest absolute Gasteiger partial charge is 0.476 e. The molecule has 1 unspecified atom stereocenters. The van der Waals surface area contributed by atoms with Crippen molar-refractivity contribution in [1.82, 2.24) is 9.97 Å². The van der Waals surface area contributed by atoms with Crippen LogP contribution in [0.2, 0.25) is 0 Å². The van der Waals surface area contributed by atoms with Crippen LogP contribution in [0, 0.1) is 0 Å². The van der Waals surface area contributed by atoms with E-state index in [1.807, 2.05) is 25.6 Å². The van der Waals surface area contributed by atoms with Crippen molar-refractivity contribution < 1.29 is 9.90 Å². The summed E-state index contributed by atoms with van der Waals surface area (Å²) >= 11 is 1.89. The van der Waals surface area contributed by atoms with Crippen molar-refractivity contribution in [2.24, 2.45) is 0 Å². The smallest absolute Gasteiger partial charge is 0.356 e. The zero-order valence-corrected chi connectivity index (χ0v) is 12.0. The number of nitrogens with zero attached hydrogens (tertiary/aromatic N) is 2. The van der Waals surface area contributed by atoms with E-state index in [-0.39, 0.29) is 11.6 Å². The zero-order chi connectivity index (χ0) is 13.8. The van der Waals surface area contributed by atoms with E-state index in [4.69, 9.17) is 0 Å². The lowest BCUT2D eigenvalue weighted by Crippen LogP contribution is -2.27. The minimum atomic E-state index is -1.00. The summed E-state index contributed by atoms with van der Waals surface area (Å²) in [5.74, 6) is 1.88. The molecule has 6 heteroatoms. The number of hydrogen-bond acceptors (Lipinski definition) is 5. The lowest BCUT2D eigenvalue weighted by atomic mass is 10.1. The van der Waals surface area contributed by atoms with Gasteiger partial charge in [-0.1, -0.05) is 13.8 Å². The maximum Gasteiger partial charge on any atom is 0.356 e. The highest BCUT2D eigenvalue weighted by molar-refractivity contribution is 7.99. The summed E-state index contributed by atoms with van der Waals surface area (Å²) in [5, 5.41) is 12.5. The summed E-state index contributed by atoms with van der Waals surface area (Å²) in [6, 6.07) is 0.311. The molecule has 1 aromatic heterocycles. The summed E-state index contributed by atoms with van der Waals surface area (Å²) < 4.78 is 0. The molecule has 0 aliphatic carbocycles. The van der Waals surface area contributed by atoms with E-state index in [0.29, 0.717) is 17.6 Å². The molecule has 1 fully saturated rings. The highest BCUT2D eigenvalue weighted by atomic mass is 32.2. The number of thioether (sulfide) groups is 1. The third kappa shape index (κ3) is 3.59. The molecule has 1 aliphatic rings. The first-order valence-electron chi connectivity index (χ1n) is 6.52. The number of aromatic carboxylic acids is 1. The Morgan fingerprint density at radius 3 is 2.95 bits per heavy atom. The van der Waals surface area contributed by atoms with E-state index in [2.05, 4.69) is 15.3 Å². The molecule has 0 radical (unpaired) electrons. The third-order valence-electron chi connectivity index (χ3n) is 3.05. The molecule has 2 N–H and O–H groups in total. The predicted molar refractivity (Wildman–Crippen MR) is 77.1 cm³/mol. The molecular weight excluding hydrogens is 262 g/mol. The lowest BCUT2D eigenvalue weighted by molar-refractivity contribution is 0.0691. The van der Waals surface area contributed by atoms with Gasteiger partial charge in [0.2, 0.25) is 0 Å². The quantitative estimate of drug-likeness (QED) is 0.883. The monoisotopic (exact) mass is 281 g/mol. The van der Waals surface area contributed by atoms with Crippen LogP contribution in [0.3, 0.4) is 0 Å². The van der Waals surface area contributed by atoms with E-state index in [0.717, 1.165) is 18.6 Å².